The Kier molecular flexibility index (Phi) is 3.82. The van der Waals surface area contributed by atoms with Gasteiger partial charge < -0.3 is 18.6 Å². The van der Waals surface area contributed by atoms with E-state index in [9.17, 15) is 4.79 Å². The molecule has 0 bridgehead atoms. The van der Waals surface area contributed by atoms with Crippen LogP contribution in [-0.4, -0.2) is 32.1 Å². The van der Waals surface area contributed by atoms with Gasteiger partial charge in [0.2, 0.25) is 5.90 Å². The van der Waals surface area contributed by atoms with Gasteiger partial charge in [-0.15, -0.1) is 0 Å². The lowest BCUT2D eigenvalue weighted by atomic mass is 10.1. The fourth-order valence-corrected chi connectivity index (χ4v) is 2.25. The fourth-order valence-electron chi connectivity index (χ4n) is 2.25. The molecule has 0 fully saturated rings. The lowest BCUT2D eigenvalue weighted by molar-refractivity contribution is -0.144. The van der Waals surface area contributed by atoms with Crippen molar-refractivity contribution in [2.45, 2.75) is 12.1 Å². The highest BCUT2D eigenvalue weighted by Crippen LogP contribution is 2.32. The van der Waals surface area contributed by atoms with Gasteiger partial charge in [-0.05, 0) is 36.4 Å². The topological polar surface area (TPSA) is 70.3 Å². The van der Waals surface area contributed by atoms with Crippen LogP contribution in [-0.2, 0) is 14.3 Å². The van der Waals surface area contributed by atoms with Gasteiger partial charge in [-0.1, -0.05) is 0 Å². The van der Waals surface area contributed by atoms with Gasteiger partial charge in [0.15, 0.2) is 12.1 Å². The number of hydrogen-bond acceptors (Lipinski definition) is 6. The van der Waals surface area contributed by atoms with Crippen LogP contribution in [0.4, 0.5) is 0 Å². The van der Waals surface area contributed by atoms with E-state index in [0.29, 0.717) is 11.7 Å². The van der Waals surface area contributed by atoms with Crippen LogP contribution in [0.5, 0.6) is 5.75 Å². The van der Waals surface area contributed by atoms with Crippen LogP contribution in [0.25, 0.3) is 0 Å². The van der Waals surface area contributed by atoms with Gasteiger partial charge in [-0.25, -0.2) is 9.79 Å². The van der Waals surface area contributed by atoms with Gasteiger partial charge >= 0.3 is 5.97 Å². The number of nitrogens with zero attached hydrogens (tertiary/aromatic N) is 1. The monoisotopic (exact) mass is 301 g/mol. The van der Waals surface area contributed by atoms with Crippen LogP contribution in [0.3, 0.4) is 0 Å². The van der Waals surface area contributed by atoms with E-state index in [1.165, 1.54) is 13.4 Å². The quantitative estimate of drug-likeness (QED) is 0.811. The summed E-state index contributed by atoms with van der Waals surface area (Å²) in [6.07, 6.45) is 0.901. The van der Waals surface area contributed by atoms with Crippen molar-refractivity contribution < 1.29 is 23.4 Å². The number of esters is 1. The van der Waals surface area contributed by atoms with Gasteiger partial charge in [0.25, 0.3) is 0 Å². The smallest absolute Gasteiger partial charge is 0.335 e. The third-order valence-corrected chi connectivity index (χ3v) is 3.38. The zero-order chi connectivity index (χ0) is 15.5. The van der Waals surface area contributed by atoms with Crippen LogP contribution in [0, 0.1) is 0 Å². The lowest BCUT2D eigenvalue weighted by Crippen LogP contribution is -2.24. The molecule has 1 aromatic carbocycles. The van der Waals surface area contributed by atoms with E-state index in [1.54, 1.807) is 31.4 Å². The zero-order valence-corrected chi connectivity index (χ0v) is 12.2. The average molecular weight is 301 g/mol. The third-order valence-electron chi connectivity index (χ3n) is 3.38. The zero-order valence-electron chi connectivity index (χ0n) is 12.2. The predicted molar refractivity (Wildman–Crippen MR) is 77.9 cm³/mol. The maximum atomic E-state index is 11.9. The van der Waals surface area contributed by atoms with Crippen molar-refractivity contribution in [2.24, 2.45) is 4.99 Å². The number of aliphatic imine (C=N–C) groups is 1. The van der Waals surface area contributed by atoms with E-state index in [4.69, 9.17) is 18.6 Å². The first-order valence-electron chi connectivity index (χ1n) is 6.73. The third kappa shape index (κ3) is 2.55. The highest BCUT2D eigenvalue weighted by atomic mass is 16.5. The molecule has 6 nitrogen and oxygen atoms in total. The van der Waals surface area contributed by atoms with Crippen molar-refractivity contribution in [1.82, 2.24) is 0 Å². The molecule has 0 N–H and O–H groups in total. The Bertz CT molecular complexity index is 675. The molecule has 0 saturated heterocycles. The van der Waals surface area contributed by atoms with Gasteiger partial charge in [-0.3, -0.25) is 0 Å². The van der Waals surface area contributed by atoms with Gasteiger partial charge in [0, 0.05) is 5.56 Å². The number of methoxy groups -OCH3 is 2. The summed E-state index contributed by atoms with van der Waals surface area (Å²) in [5.41, 5.74) is 0.753. The summed E-state index contributed by atoms with van der Waals surface area (Å²) < 4.78 is 21.1. The van der Waals surface area contributed by atoms with Crippen molar-refractivity contribution in [3.63, 3.8) is 0 Å². The molecular formula is C16H15NO5. The van der Waals surface area contributed by atoms with Crippen LogP contribution in [0.1, 0.15) is 17.4 Å². The number of furan rings is 1. The van der Waals surface area contributed by atoms with Gasteiger partial charge in [-0.2, -0.15) is 0 Å². The minimum atomic E-state index is -0.784. The molecule has 1 aliphatic rings. The highest BCUT2D eigenvalue weighted by molar-refractivity contribution is 5.98. The molecule has 2 atom stereocenters. The Morgan fingerprint density at radius 1 is 1.18 bits per heavy atom. The molecule has 1 aliphatic heterocycles. The van der Waals surface area contributed by atoms with E-state index in [0.717, 1.165) is 11.3 Å². The van der Waals surface area contributed by atoms with E-state index in [2.05, 4.69) is 4.99 Å². The SMILES string of the molecule is COC(=O)[C@@H]1N=C(c2ccc(OC)cc2)O[C@H]1c1ccco1. The largest absolute Gasteiger partial charge is 0.497 e. The molecule has 114 valence electrons. The number of benzene rings is 1. The summed E-state index contributed by atoms with van der Waals surface area (Å²) in [6.45, 7) is 0. The predicted octanol–water partition coefficient (Wildman–Crippen LogP) is 2.35. The van der Waals surface area contributed by atoms with Crippen molar-refractivity contribution in [3.05, 3.63) is 54.0 Å². The first-order valence-corrected chi connectivity index (χ1v) is 6.73. The molecule has 0 unspecified atom stereocenters. The summed E-state index contributed by atoms with van der Waals surface area (Å²) in [4.78, 5) is 16.3. The second-order valence-corrected chi connectivity index (χ2v) is 4.68. The summed E-state index contributed by atoms with van der Waals surface area (Å²) >= 11 is 0. The number of hydrogen-bond donors (Lipinski definition) is 0. The Morgan fingerprint density at radius 3 is 2.55 bits per heavy atom. The molecule has 3 rings (SSSR count). The summed E-state index contributed by atoms with van der Waals surface area (Å²) in [5, 5.41) is 0. The minimum Gasteiger partial charge on any atom is -0.497 e. The Morgan fingerprint density at radius 2 is 1.95 bits per heavy atom. The molecule has 0 amide bonds. The molecular weight excluding hydrogens is 286 g/mol. The maximum absolute atomic E-state index is 11.9. The van der Waals surface area contributed by atoms with E-state index in [-0.39, 0.29) is 0 Å². The molecule has 1 aromatic heterocycles. The summed E-state index contributed by atoms with van der Waals surface area (Å²) in [5.74, 6) is 1.17. The van der Waals surface area contributed by atoms with E-state index in [1.807, 2.05) is 12.1 Å². The van der Waals surface area contributed by atoms with E-state index < -0.39 is 18.1 Å². The second-order valence-electron chi connectivity index (χ2n) is 4.68. The van der Waals surface area contributed by atoms with Crippen LogP contribution >= 0.6 is 0 Å². The molecule has 6 heteroatoms. The number of carbonyl (C=O) groups excluding carboxylic acids is 1. The van der Waals surface area contributed by atoms with Crippen LogP contribution in [0.2, 0.25) is 0 Å². The van der Waals surface area contributed by atoms with Crippen molar-refractivity contribution in [2.75, 3.05) is 14.2 Å². The molecule has 0 radical (unpaired) electrons. The van der Waals surface area contributed by atoms with Crippen molar-refractivity contribution in [3.8, 4) is 5.75 Å². The fraction of sp³-hybridized carbons (Fsp3) is 0.250. The first-order chi connectivity index (χ1) is 10.7. The Hall–Kier alpha value is -2.76. The normalized spacial score (nSPS) is 20.2. The Labute approximate surface area is 127 Å². The molecule has 0 saturated carbocycles. The molecule has 22 heavy (non-hydrogen) atoms. The highest BCUT2D eigenvalue weighted by Gasteiger charge is 2.40. The van der Waals surface area contributed by atoms with E-state index >= 15 is 0 Å². The van der Waals surface area contributed by atoms with Crippen LogP contribution in [0.15, 0.2) is 52.1 Å². The number of rotatable bonds is 4. The molecule has 0 aliphatic carbocycles. The molecule has 2 heterocycles. The Balaban J connectivity index is 1.90. The first kappa shape index (κ1) is 14.2. The summed E-state index contributed by atoms with van der Waals surface area (Å²) in [7, 11) is 2.92. The van der Waals surface area contributed by atoms with Crippen molar-refractivity contribution >= 4 is 11.9 Å². The standard InChI is InChI=1S/C16H15NO5/c1-19-11-7-5-10(6-8-11)15-17-13(16(18)20-2)14(22-15)12-4-3-9-21-12/h3-9,13-14H,1-2H3/t13-,14+/m1/s1. The minimum absolute atomic E-state index is 0.374. The second kappa shape index (κ2) is 5.93. The molecule has 2 aromatic rings. The average Bonchev–Trinajstić information content (AvgIpc) is 3.23. The van der Waals surface area contributed by atoms with Crippen molar-refractivity contribution in [1.29, 1.82) is 0 Å². The van der Waals surface area contributed by atoms with Gasteiger partial charge in [0.1, 0.15) is 11.5 Å². The number of carbonyl (C=O) groups is 1. The summed E-state index contributed by atoms with van der Waals surface area (Å²) in [6, 6.07) is 9.93. The molecule has 0 spiro atoms. The van der Waals surface area contributed by atoms with Gasteiger partial charge in [0.05, 0.1) is 20.5 Å². The van der Waals surface area contributed by atoms with Crippen LogP contribution < -0.4 is 4.74 Å². The lowest BCUT2D eigenvalue weighted by Gasteiger charge is -2.13. The number of ether oxygens (including phenoxy) is 3. The maximum Gasteiger partial charge on any atom is 0.335 e.